The lowest BCUT2D eigenvalue weighted by atomic mass is 10.1. The van der Waals surface area contributed by atoms with E-state index in [1.807, 2.05) is 153 Å². The van der Waals surface area contributed by atoms with E-state index in [1.165, 1.54) is 11.3 Å². The number of rotatable bonds is 11. The highest BCUT2D eigenvalue weighted by atomic mass is 32.1. The van der Waals surface area contributed by atoms with E-state index in [0.29, 0.717) is 16.9 Å². The van der Waals surface area contributed by atoms with Crippen LogP contribution in [0.4, 0.5) is 22.7 Å². The number of fused-ring (bicyclic) bond motifs is 2. The molecule has 0 unspecified atom stereocenters. The van der Waals surface area contributed by atoms with Gasteiger partial charge in [0, 0.05) is 73.2 Å². The molecule has 0 atom stereocenters. The second-order valence-electron chi connectivity index (χ2n) is 13.8. The summed E-state index contributed by atoms with van der Waals surface area (Å²) in [7, 11) is 7.85. The zero-order valence-electron chi connectivity index (χ0n) is 32.8. The van der Waals surface area contributed by atoms with Gasteiger partial charge in [0.25, 0.3) is 11.8 Å². The quantitative estimate of drug-likeness (QED) is 0.100. The van der Waals surface area contributed by atoms with Crippen LogP contribution in [0.2, 0.25) is 0 Å². The maximum atomic E-state index is 12.5. The Balaban J connectivity index is 0.000000180. The molecule has 0 spiro atoms. The van der Waals surface area contributed by atoms with Gasteiger partial charge in [0.15, 0.2) is 0 Å². The minimum absolute atomic E-state index is 0.0176. The minimum Gasteiger partial charge on any atom is -0.508 e. The molecule has 298 valence electrons. The fourth-order valence-corrected chi connectivity index (χ4v) is 7.94. The number of thiazole rings is 2. The fourth-order valence-electron chi connectivity index (χ4n) is 5.94. The van der Waals surface area contributed by atoms with E-state index in [4.69, 9.17) is 9.84 Å². The molecule has 2 heterocycles. The SMILES string of the molecule is CN(C)c1ccc(C(=O)Nc2ccc(-c3nc4ccc(O)cc4s3)cc2)cc1.CN(C)c1ccc(C(=O)Nc2ccc(-c3nc4ccc(OCCO)cc4s3)cc2)cc1. The summed E-state index contributed by atoms with van der Waals surface area (Å²) < 4.78 is 7.43. The molecule has 0 bridgehead atoms. The Morgan fingerprint density at radius 2 is 1.03 bits per heavy atom. The maximum Gasteiger partial charge on any atom is 0.255 e. The summed E-state index contributed by atoms with van der Waals surface area (Å²) in [4.78, 5) is 38.2. The van der Waals surface area contributed by atoms with E-state index in [0.717, 1.165) is 64.3 Å². The topological polar surface area (TPSA) is 140 Å². The van der Waals surface area contributed by atoms with Crippen molar-refractivity contribution < 1.29 is 24.5 Å². The highest BCUT2D eigenvalue weighted by Gasteiger charge is 2.12. The van der Waals surface area contributed by atoms with Crippen LogP contribution in [0.1, 0.15) is 20.7 Å². The van der Waals surface area contributed by atoms with Crippen LogP contribution in [0.5, 0.6) is 11.5 Å². The fraction of sp³-hybridized carbons (Fsp3) is 0.130. The van der Waals surface area contributed by atoms with Crippen LogP contribution < -0.4 is 25.2 Å². The first-order valence-electron chi connectivity index (χ1n) is 18.6. The molecule has 0 aliphatic heterocycles. The first kappa shape index (κ1) is 40.4. The van der Waals surface area contributed by atoms with Crippen molar-refractivity contribution >= 4 is 77.7 Å². The van der Waals surface area contributed by atoms with Gasteiger partial charge in [-0.3, -0.25) is 9.59 Å². The van der Waals surface area contributed by atoms with Crippen molar-refractivity contribution in [2.75, 3.05) is 61.8 Å². The number of hydrogen-bond acceptors (Lipinski definition) is 11. The standard InChI is InChI=1S/C24H23N3O3S.C22H19N3O2S/c1-27(2)19-9-5-16(6-10-19)23(29)25-18-7-3-17(4-8-18)24-26-21-12-11-20(30-14-13-28)15-22(21)31-24;1-25(2)17-9-5-14(6-10-17)21(27)23-16-7-3-15(4-8-16)22-24-19-12-11-18(26)13-20(19)28-22/h3-12,15,28H,13-14H2,1-2H3,(H,25,29);3-13,26H,1-2H3,(H,23,27). The van der Waals surface area contributed by atoms with Crippen molar-refractivity contribution in [1.82, 2.24) is 9.97 Å². The molecule has 0 fully saturated rings. The zero-order chi connectivity index (χ0) is 41.5. The number of phenolic OH excluding ortho intramolecular Hbond substituents is 1. The molecule has 4 N–H and O–H groups in total. The number of hydrogen-bond donors (Lipinski definition) is 4. The first-order chi connectivity index (χ1) is 28.5. The third-order valence-corrected chi connectivity index (χ3v) is 11.3. The summed E-state index contributed by atoms with van der Waals surface area (Å²) in [6, 6.07) is 41.1. The number of nitrogens with zero attached hydrogens (tertiary/aromatic N) is 4. The van der Waals surface area contributed by atoms with Gasteiger partial charge in [-0.05, 0) is 133 Å². The molecule has 6 aromatic carbocycles. The van der Waals surface area contributed by atoms with E-state index >= 15 is 0 Å². The lowest BCUT2D eigenvalue weighted by Crippen LogP contribution is -2.13. The number of amides is 2. The summed E-state index contributed by atoms with van der Waals surface area (Å²) in [5.74, 6) is 0.662. The number of aromatic nitrogens is 2. The van der Waals surface area contributed by atoms with Gasteiger partial charge in [-0.25, -0.2) is 9.97 Å². The molecule has 0 aliphatic rings. The first-order valence-corrected chi connectivity index (χ1v) is 20.3. The number of anilines is 4. The minimum atomic E-state index is -0.145. The smallest absolute Gasteiger partial charge is 0.255 e. The predicted octanol–water partition coefficient (Wildman–Crippen LogP) is 9.64. The Labute approximate surface area is 349 Å². The second kappa shape index (κ2) is 18.2. The molecule has 59 heavy (non-hydrogen) atoms. The molecular weight excluding hydrogens is 781 g/mol. The Hall–Kier alpha value is -6.80. The van der Waals surface area contributed by atoms with Crippen molar-refractivity contribution in [2.45, 2.75) is 0 Å². The van der Waals surface area contributed by atoms with Crippen molar-refractivity contribution in [1.29, 1.82) is 0 Å². The van der Waals surface area contributed by atoms with Crippen LogP contribution >= 0.6 is 22.7 Å². The average molecular weight is 823 g/mol. The van der Waals surface area contributed by atoms with E-state index in [9.17, 15) is 14.7 Å². The molecule has 0 aliphatic carbocycles. The average Bonchev–Trinajstić information content (AvgIpc) is 3.88. The summed E-state index contributed by atoms with van der Waals surface area (Å²) in [6.07, 6.45) is 0. The Kier molecular flexibility index (Phi) is 12.5. The number of carbonyl (C=O) groups excluding carboxylic acids is 2. The summed E-state index contributed by atoms with van der Waals surface area (Å²) >= 11 is 3.10. The highest BCUT2D eigenvalue weighted by Crippen LogP contribution is 2.34. The number of aliphatic hydroxyl groups is 1. The van der Waals surface area contributed by atoms with Crippen LogP contribution in [-0.2, 0) is 0 Å². The summed E-state index contributed by atoms with van der Waals surface area (Å²) in [5, 5.41) is 26.1. The monoisotopic (exact) mass is 822 g/mol. The number of phenols is 1. The van der Waals surface area contributed by atoms with E-state index in [-0.39, 0.29) is 30.8 Å². The molecule has 2 aromatic heterocycles. The second-order valence-corrected chi connectivity index (χ2v) is 15.9. The van der Waals surface area contributed by atoms with E-state index in [1.54, 1.807) is 29.5 Å². The maximum absolute atomic E-state index is 12.5. The van der Waals surface area contributed by atoms with Crippen molar-refractivity contribution in [3.63, 3.8) is 0 Å². The molecule has 2 amide bonds. The van der Waals surface area contributed by atoms with E-state index < -0.39 is 0 Å². The van der Waals surface area contributed by atoms with Crippen molar-refractivity contribution in [2.24, 2.45) is 0 Å². The van der Waals surface area contributed by atoms with Crippen LogP contribution in [0.15, 0.2) is 133 Å². The molecule has 0 saturated heterocycles. The van der Waals surface area contributed by atoms with Gasteiger partial charge >= 0.3 is 0 Å². The summed E-state index contributed by atoms with van der Waals surface area (Å²) in [6.45, 7) is 0.250. The Bertz CT molecular complexity index is 2690. The van der Waals surface area contributed by atoms with Gasteiger partial charge in [0.2, 0.25) is 0 Å². The zero-order valence-corrected chi connectivity index (χ0v) is 34.5. The molecular formula is C46H42N6O5S2. The van der Waals surface area contributed by atoms with E-state index in [2.05, 4.69) is 20.6 Å². The van der Waals surface area contributed by atoms with Gasteiger partial charge in [-0.1, -0.05) is 0 Å². The van der Waals surface area contributed by atoms with Crippen molar-refractivity contribution in [3.8, 4) is 32.6 Å². The van der Waals surface area contributed by atoms with Gasteiger partial charge in [0.1, 0.15) is 28.1 Å². The Morgan fingerprint density at radius 3 is 1.47 bits per heavy atom. The molecule has 0 saturated carbocycles. The number of aromatic hydroxyl groups is 1. The Morgan fingerprint density at radius 1 is 0.593 bits per heavy atom. The van der Waals surface area contributed by atoms with Crippen molar-refractivity contribution in [3.05, 3.63) is 145 Å². The highest BCUT2D eigenvalue weighted by molar-refractivity contribution is 7.22. The van der Waals surface area contributed by atoms with Crippen LogP contribution in [0.25, 0.3) is 41.6 Å². The number of ether oxygens (including phenoxy) is 1. The van der Waals surface area contributed by atoms with Gasteiger partial charge in [-0.15, -0.1) is 22.7 Å². The number of aliphatic hydroxyl groups excluding tert-OH is 1. The normalized spacial score (nSPS) is 10.8. The molecule has 8 rings (SSSR count). The van der Waals surface area contributed by atoms with Crippen LogP contribution in [0.3, 0.4) is 0 Å². The van der Waals surface area contributed by atoms with Gasteiger partial charge in [0.05, 0.1) is 27.0 Å². The lowest BCUT2D eigenvalue weighted by Gasteiger charge is -2.12. The molecule has 8 aromatic rings. The number of carbonyl (C=O) groups is 2. The van der Waals surface area contributed by atoms with Gasteiger partial charge < -0.3 is 35.4 Å². The van der Waals surface area contributed by atoms with Crippen LogP contribution in [-0.4, -0.2) is 73.4 Å². The van der Waals surface area contributed by atoms with Crippen LogP contribution in [0, 0.1) is 0 Å². The van der Waals surface area contributed by atoms with Gasteiger partial charge in [-0.2, -0.15) is 0 Å². The molecule has 11 nitrogen and oxygen atoms in total. The molecule has 0 radical (unpaired) electrons. The lowest BCUT2D eigenvalue weighted by molar-refractivity contribution is 0.101. The largest absolute Gasteiger partial charge is 0.508 e. The molecule has 13 heteroatoms. The number of benzene rings is 6. The number of nitrogens with one attached hydrogen (secondary N) is 2. The third-order valence-electron chi connectivity index (χ3n) is 9.16. The predicted molar refractivity (Wildman–Crippen MR) is 242 cm³/mol. The summed E-state index contributed by atoms with van der Waals surface area (Å²) in [5.41, 5.74) is 8.47. The third kappa shape index (κ3) is 10.0.